The number of ether oxygens (including phenoxy) is 2. The zero-order valence-electron chi connectivity index (χ0n) is 14.6. The molecular formula is C17H18N2O8. The van der Waals surface area contributed by atoms with E-state index >= 15 is 0 Å². The molecule has 1 heterocycles. The Morgan fingerprint density at radius 1 is 1.07 bits per heavy atom. The van der Waals surface area contributed by atoms with Gasteiger partial charge in [0.25, 0.3) is 5.69 Å². The molecule has 0 radical (unpaired) electrons. The van der Waals surface area contributed by atoms with Gasteiger partial charge in [-0.15, -0.1) is 0 Å². The van der Waals surface area contributed by atoms with E-state index in [-0.39, 0.29) is 22.8 Å². The van der Waals surface area contributed by atoms with Gasteiger partial charge in [0.2, 0.25) is 0 Å². The van der Waals surface area contributed by atoms with Gasteiger partial charge >= 0.3 is 11.9 Å². The Balaban J connectivity index is 2.59. The van der Waals surface area contributed by atoms with Crippen molar-refractivity contribution < 1.29 is 34.2 Å². The molecule has 3 N–H and O–H groups in total. The lowest BCUT2D eigenvalue weighted by Crippen LogP contribution is -2.29. The summed E-state index contributed by atoms with van der Waals surface area (Å²) in [5, 5.41) is 32.2. The van der Waals surface area contributed by atoms with Crippen molar-refractivity contribution in [2.24, 2.45) is 0 Å². The number of hydrogen-bond donors (Lipinski definition) is 3. The maximum absolute atomic E-state index is 11.5. The van der Waals surface area contributed by atoms with Crippen molar-refractivity contribution in [1.29, 1.82) is 0 Å². The van der Waals surface area contributed by atoms with Gasteiger partial charge < -0.3 is 25.0 Å². The topological polar surface area (TPSA) is 148 Å². The van der Waals surface area contributed by atoms with Crippen LogP contribution in [-0.2, 0) is 19.1 Å². The van der Waals surface area contributed by atoms with Crippen LogP contribution in [0.3, 0.4) is 0 Å². The van der Waals surface area contributed by atoms with E-state index < -0.39 is 36.0 Å². The molecule has 10 nitrogen and oxygen atoms in total. The van der Waals surface area contributed by atoms with E-state index in [1.807, 2.05) is 0 Å². The molecule has 2 rings (SSSR count). The van der Waals surface area contributed by atoms with Gasteiger partial charge in [0.1, 0.15) is 17.4 Å². The fourth-order valence-electron chi connectivity index (χ4n) is 2.80. The molecule has 1 aromatic rings. The molecule has 0 saturated heterocycles. The number of carboxylic acids is 2. The number of hydrogen-bond acceptors (Lipinski definition) is 7. The highest BCUT2D eigenvalue weighted by Crippen LogP contribution is 2.42. The number of nitro groups is 1. The zero-order chi connectivity index (χ0) is 20.1. The summed E-state index contributed by atoms with van der Waals surface area (Å²) in [4.78, 5) is 32.7. The first kappa shape index (κ1) is 19.8. The summed E-state index contributed by atoms with van der Waals surface area (Å²) >= 11 is 0. The molecule has 1 aliphatic rings. The molecule has 0 saturated carbocycles. The number of dihydropyridines is 1. The van der Waals surface area contributed by atoms with Crippen molar-refractivity contribution in [3.63, 3.8) is 0 Å². The van der Waals surface area contributed by atoms with Crippen molar-refractivity contribution >= 4 is 17.6 Å². The summed E-state index contributed by atoms with van der Waals surface area (Å²) < 4.78 is 10.8. The van der Waals surface area contributed by atoms with E-state index in [1.54, 1.807) is 19.9 Å². The Bertz CT molecular complexity index is 803. The maximum atomic E-state index is 11.5. The lowest BCUT2D eigenvalue weighted by atomic mass is 9.89. The number of allylic oxidation sites excluding steroid dienone is 2. The quantitative estimate of drug-likeness (QED) is 0.456. The van der Waals surface area contributed by atoms with Gasteiger partial charge in [-0.05, 0) is 13.8 Å². The molecule has 0 fully saturated rings. The largest absolute Gasteiger partial charge is 0.483 e. The fraction of sp³-hybridized carbons (Fsp3) is 0.294. The predicted octanol–water partition coefficient (Wildman–Crippen LogP) is 1.95. The van der Waals surface area contributed by atoms with E-state index in [9.17, 15) is 19.7 Å². The lowest BCUT2D eigenvalue weighted by Gasteiger charge is -2.31. The van der Waals surface area contributed by atoms with Crippen LogP contribution in [0.15, 0.2) is 47.2 Å². The summed E-state index contributed by atoms with van der Waals surface area (Å²) in [7, 11) is 0. The number of nitrogens with zero attached hydrogens (tertiary/aromatic N) is 1. The second-order valence-electron chi connectivity index (χ2n) is 5.72. The van der Waals surface area contributed by atoms with Crippen LogP contribution in [0.1, 0.15) is 25.3 Å². The SMILES string of the molecule is CC1=C(OCC(=O)O)C(c2ccccc2[N+](=O)[O-])C(OCC(=O)O)=C(C)N1. The van der Waals surface area contributed by atoms with Crippen LogP contribution >= 0.6 is 0 Å². The van der Waals surface area contributed by atoms with Gasteiger partial charge in [0, 0.05) is 11.6 Å². The molecule has 10 heteroatoms. The molecule has 0 aliphatic carbocycles. The highest BCUT2D eigenvalue weighted by Gasteiger charge is 2.36. The number of para-hydroxylation sites is 1. The van der Waals surface area contributed by atoms with Crippen LogP contribution in [0.5, 0.6) is 0 Å². The third-order valence-corrected chi connectivity index (χ3v) is 3.79. The molecule has 0 aromatic heterocycles. The van der Waals surface area contributed by atoms with Crippen LogP contribution in [0, 0.1) is 10.1 Å². The van der Waals surface area contributed by atoms with Gasteiger partial charge in [-0.2, -0.15) is 0 Å². The van der Waals surface area contributed by atoms with Crippen LogP contribution in [0.25, 0.3) is 0 Å². The van der Waals surface area contributed by atoms with E-state index in [4.69, 9.17) is 19.7 Å². The van der Waals surface area contributed by atoms with E-state index in [1.165, 1.54) is 18.2 Å². The summed E-state index contributed by atoms with van der Waals surface area (Å²) in [6.07, 6.45) is 0. The first-order chi connectivity index (χ1) is 12.7. The minimum atomic E-state index is -1.23. The first-order valence-electron chi connectivity index (χ1n) is 7.83. The third-order valence-electron chi connectivity index (χ3n) is 3.79. The molecule has 27 heavy (non-hydrogen) atoms. The lowest BCUT2D eigenvalue weighted by molar-refractivity contribution is -0.385. The second-order valence-corrected chi connectivity index (χ2v) is 5.72. The first-order valence-corrected chi connectivity index (χ1v) is 7.83. The average molecular weight is 378 g/mol. The van der Waals surface area contributed by atoms with E-state index in [0.29, 0.717) is 11.4 Å². The third kappa shape index (κ3) is 4.54. The van der Waals surface area contributed by atoms with Crippen LogP contribution in [0.2, 0.25) is 0 Å². The summed E-state index contributed by atoms with van der Waals surface area (Å²) in [5.74, 6) is -3.20. The second kappa shape index (κ2) is 8.21. The monoisotopic (exact) mass is 378 g/mol. The van der Waals surface area contributed by atoms with Gasteiger partial charge in [0.15, 0.2) is 13.2 Å². The van der Waals surface area contributed by atoms with Gasteiger partial charge in [0.05, 0.1) is 16.3 Å². The molecule has 0 unspecified atom stereocenters. The van der Waals surface area contributed by atoms with Gasteiger partial charge in [-0.3, -0.25) is 10.1 Å². The highest BCUT2D eigenvalue weighted by atomic mass is 16.6. The van der Waals surface area contributed by atoms with Crippen LogP contribution < -0.4 is 5.32 Å². The Hall–Kier alpha value is -3.56. The molecule has 0 amide bonds. The van der Waals surface area contributed by atoms with Crippen LogP contribution in [-0.4, -0.2) is 40.3 Å². The summed E-state index contributed by atoms with van der Waals surface area (Å²) in [5.41, 5.74) is 0.862. The average Bonchev–Trinajstić information content (AvgIpc) is 2.59. The summed E-state index contributed by atoms with van der Waals surface area (Å²) in [6, 6.07) is 5.86. The number of rotatable bonds is 8. The van der Waals surface area contributed by atoms with Crippen molar-refractivity contribution in [3.05, 3.63) is 62.9 Å². The number of carboxylic acid groups (broad SMARTS) is 2. The zero-order valence-corrected chi connectivity index (χ0v) is 14.6. The molecule has 1 aromatic carbocycles. The Morgan fingerprint density at radius 2 is 1.56 bits per heavy atom. The summed E-state index contributed by atoms with van der Waals surface area (Å²) in [6.45, 7) is 1.90. The predicted molar refractivity (Wildman–Crippen MR) is 91.5 cm³/mol. The number of aliphatic carboxylic acids is 2. The molecular weight excluding hydrogens is 360 g/mol. The molecule has 0 spiro atoms. The minimum absolute atomic E-state index is 0.109. The Morgan fingerprint density at radius 3 is 2.00 bits per heavy atom. The number of nitrogens with one attached hydrogen (secondary N) is 1. The van der Waals surface area contributed by atoms with Crippen molar-refractivity contribution in [3.8, 4) is 0 Å². The number of nitro benzene ring substituents is 1. The Kier molecular flexibility index (Phi) is 6.01. The maximum Gasteiger partial charge on any atom is 0.341 e. The molecule has 144 valence electrons. The molecule has 0 atom stereocenters. The van der Waals surface area contributed by atoms with E-state index in [0.717, 1.165) is 0 Å². The molecule has 1 aliphatic heterocycles. The minimum Gasteiger partial charge on any atom is -0.483 e. The van der Waals surface area contributed by atoms with Crippen LogP contribution in [0.4, 0.5) is 5.69 Å². The van der Waals surface area contributed by atoms with Crippen molar-refractivity contribution in [2.45, 2.75) is 19.8 Å². The number of benzene rings is 1. The van der Waals surface area contributed by atoms with Crippen molar-refractivity contribution in [2.75, 3.05) is 13.2 Å². The van der Waals surface area contributed by atoms with E-state index in [2.05, 4.69) is 5.32 Å². The molecule has 0 bridgehead atoms. The normalized spacial score (nSPS) is 14.6. The van der Waals surface area contributed by atoms with Gasteiger partial charge in [-0.25, -0.2) is 9.59 Å². The Labute approximate surface area is 153 Å². The fourth-order valence-corrected chi connectivity index (χ4v) is 2.80. The van der Waals surface area contributed by atoms with Crippen molar-refractivity contribution in [1.82, 2.24) is 5.32 Å². The van der Waals surface area contributed by atoms with Gasteiger partial charge in [-0.1, -0.05) is 18.2 Å². The smallest absolute Gasteiger partial charge is 0.341 e. The number of carbonyl (C=O) groups is 2. The standard InChI is InChI=1S/C17H18N2O8/c1-9-16(26-7-13(20)21)15(11-5-3-4-6-12(11)19(24)25)17(10(2)18-9)27-8-14(22)23/h3-6,15,18H,7-8H2,1-2H3,(H,20,21)(H,22,23). The highest BCUT2D eigenvalue weighted by molar-refractivity contribution is 5.69.